The summed E-state index contributed by atoms with van der Waals surface area (Å²) in [4.78, 5) is 12.0. The maximum atomic E-state index is 12.0. The lowest BCUT2D eigenvalue weighted by Crippen LogP contribution is -2.21. The third-order valence-electron chi connectivity index (χ3n) is 4.39. The number of para-hydroxylation sites is 1. The summed E-state index contributed by atoms with van der Waals surface area (Å²) < 4.78 is 2.20. The average Bonchev–Trinajstić information content (AvgIpc) is 3.15. The number of hydrogen-bond donors (Lipinski definition) is 2. The fourth-order valence-corrected chi connectivity index (χ4v) is 3.34. The van der Waals surface area contributed by atoms with Crippen LogP contribution in [-0.4, -0.2) is 15.6 Å². The SMILES string of the molecule is Cc1c(C=C2NC(=S)NC2=O)cc(-c2ccccc2)n1-c1ccccc1. The van der Waals surface area contributed by atoms with Gasteiger partial charge in [-0.3, -0.25) is 10.1 Å². The number of carbonyl (C=O) groups excluding carboxylic acids is 1. The third kappa shape index (κ3) is 2.93. The molecule has 128 valence electrons. The number of nitrogens with zero attached hydrogens (tertiary/aromatic N) is 1. The van der Waals surface area contributed by atoms with Gasteiger partial charge in [-0.25, -0.2) is 0 Å². The van der Waals surface area contributed by atoms with Crippen molar-refractivity contribution in [3.05, 3.63) is 83.7 Å². The second-order valence-electron chi connectivity index (χ2n) is 6.07. The zero-order valence-electron chi connectivity index (χ0n) is 14.2. The van der Waals surface area contributed by atoms with Gasteiger partial charge in [0, 0.05) is 11.4 Å². The van der Waals surface area contributed by atoms with Crippen LogP contribution < -0.4 is 10.6 Å². The molecule has 4 nitrogen and oxygen atoms in total. The number of benzene rings is 2. The number of aromatic nitrogens is 1. The van der Waals surface area contributed by atoms with E-state index in [1.165, 1.54) is 0 Å². The molecule has 0 atom stereocenters. The summed E-state index contributed by atoms with van der Waals surface area (Å²) in [5.74, 6) is -0.205. The second-order valence-corrected chi connectivity index (χ2v) is 6.48. The van der Waals surface area contributed by atoms with E-state index in [1.807, 2.05) is 42.5 Å². The number of hydrogen-bond acceptors (Lipinski definition) is 2. The van der Waals surface area contributed by atoms with Gasteiger partial charge in [-0.15, -0.1) is 0 Å². The van der Waals surface area contributed by atoms with Crippen molar-refractivity contribution in [3.63, 3.8) is 0 Å². The van der Waals surface area contributed by atoms with Crippen molar-refractivity contribution in [1.29, 1.82) is 0 Å². The van der Waals surface area contributed by atoms with Crippen molar-refractivity contribution < 1.29 is 4.79 Å². The summed E-state index contributed by atoms with van der Waals surface area (Å²) in [5, 5.41) is 5.85. The van der Waals surface area contributed by atoms with Crippen LogP contribution in [0.1, 0.15) is 11.3 Å². The Morgan fingerprint density at radius 3 is 2.23 bits per heavy atom. The van der Waals surface area contributed by atoms with Crippen molar-refractivity contribution in [1.82, 2.24) is 15.2 Å². The molecule has 0 unspecified atom stereocenters. The molecule has 1 fully saturated rings. The predicted molar refractivity (Wildman–Crippen MR) is 108 cm³/mol. The van der Waals surface area contributed by atoms with Crippen LogP contribution in [-0.2, 0) is 4.79 Å². The fraction of sp³-hybridized carbons (Fsp3) is 0.0476. The van der Waals surface area contributed by atoms with Crippen LogP contribution >= 0.6 is 12.2 Å². The van der Waals surface area contributed by atoms with Gasteiger partial charge in [0.2, 0.25) is 0 Å². The number of thiocarbonyl (C=S) groups is 1. The summed E-state index contributed by atoms with van der Waals surface area (Å²) in [6, 6.07) is 22.5. The van der Waals surface area contributed by atoms with Gasteiger partial charge in [-0.1, -0.05) is 48.5 Å². The summed E-state index contributed by atoms with van der Waals surface area (Å²) >= 11 is 5.02. The van der Waals surface area contributed by atoms with Crippen LogP contribution in [0.3, 0.4) is 0 Å². The molecule has 0 spiro atoms. The highest BCUT2D eigenvalue weighted by molar-refractivity contribution is 7.80. The van der Waals surface area contributed by atoms with Crippen molar-refractivity contribution in [2.75, 3.05) is 0 Å². The first kappa shape index (κ1) is 16.3. The fourth-order valence-electron chi connectivity index (χ4n) is 3.14. The van der Waals surface area contributed by atoms with Gasteiger partial charge < -0.3 is 9.88 Å². The van der Waals surface area contributed by atoms with Gasteiger partial charge in [-0.2, -0.15) is 0 Å². The molecule has 2 N–H and O–H groups in total. The van der Waals surface area contributed by atoms with E-state index in [0.29, 0.717) is 10.8 Å². The summed E-state index contributed by atoms with van der Waals surface area (Å²) in [7, 11) is 0. The highest BCUT2D eigenvalue weighted by atomic mass is 32.1. The molecule has 0 radical (unpaired) electrons. The Hall–Kier alpha value is -3.18. The summed E-state index contributed by atoms with van der Waals surface area (Å²) in [6.45, 7) is 2.05. The third-order valence-corrected chi connectivity index (χ3v) is 4.59. The van der Waals surface area contributed by atoms with Gasteiger partial charge in [0.25, 0.3) is 5.91 Å². The van der Waals surface area contributed by atoms with Crippen LogP contribution in [0, 0.1) is 6.92 Å². The van der Waals surface area contributed by atoms with E-state index in [9.17, 15) is 4.79 Å². The highest BCUT2D eigenvalue weighted by Gasteiger charge is 2.21. The van der Waals surface area contributed by atoms with E-state index < -0.39 is 0 Å². The van der Waals surface area contributed by atoms with Crippen LogP contribution in [0.15, 0.2) is 72.4 Å². The minimum atomic E-state index is -0.205. The molecule has 1 aliphatic rings. The van der Waals surface area contributed by atoms with Crippen molar-refractivity contribution in [2.24, 2.45) is 0 Å². The molecule has 5 heteroatoms. The Kier molecular flexibility index (Phi) is 4.14. The monoisotopic (exact) mass is 359 g/mol. The smallest absolute Gasteiger partial charge is 0.273 e. The predicted octanol–water partition coefficient (Wildman–Crippen LogP) is 3.80. The van der Waals surface area contributed by atoms with Crippen LogP contribution in [0.5, 0.6) is 0 Å². The molecule has 1 aliphatic heterocycles. The molecular formula is C21H17N3OS. The van der Waals surface area contributed by atoms with Gasteiger partial charge in [0.1, 0.15) is 5.70 Å². The second kappa shape index (κ2) is 6.61. The van der Waals surface area contributed by atoms with Crippen LogP contribution in [0.25, 0.3) is 23.0 Å². The first-order chi connectivity index (χ1) is 12.6. The zero-order chi connectivity index (χ0) is 18.1. The quantitative estimate of drug-likeness (QED) is 0.552. The lowest BCUT2D eigenvalue weighted by Gasteiger charge is -2.12. The van der Waals surface area contributed by atoms with Gasteiger partial charge in [0.15, 0.2) is 5.11 Å². The number of rotatable bonds is 3. The van der Waals surface area contributed by atoms with Crippen LogP contribution in [0.2, 0.25) is 0 Å². The standard InChI is InChI=1S/C21H17N3OS/c1-14-16(12-18-20(25)23-21(26)22-18)13-19(15-8-4-2-5-9-15)24(14)17-10-6-3-7-11-17/h2-13H,1H3,(H2,22,23,25,26). The first-order valence-corrected chi connectivity index (χ1v) is 8.71. The molecule has 3 aromatic rings. The molecule has 0 bridgehead atoms. The lowest BCUT2D eigenvalue weighted by molar-refractivity contribution is -0.115. The van der Waals surface area contributed by atoms with Crippen molar-refractivity contribution in [3.8, 4) is 16.9 Å². The Balaban J connectivity index is 1.90. The Labute approximate surface area is 157 Å². The molecule has 1 aromatic heterocycles. The molecule has 1 amide bonds. The summed E-state index contributed by atoms with van der Waals surface area (Å²) in [5.41, 5.74) is 5.74. The molecular weight excluding hydrogens is 342 g/mol. The topological polar surface area (TPSA) is 46.1 Å². The Bertz CT molecular complexity index is 1020. The molecule has 26 heavy (non-hydrogen) atoms. The van der Waals surface area contributed by atoms with E-state index in [2.05, 4.69) is 52.5 Å². The molecule has 4 rings (SSSR count). The van der Waals surface area contributed by atoms with Crippen molar-refractivity contribution >= 4 is 29.3 Å². The minimum Gasteiger partial charge on any atom is -0.328 e. The van der Waals surface area contributed by atoms with E-state index >= 15 is 0 Å². The summed E-state index contributed by atoms with van der Waals surface area (Å²) in [6.07, 6.45) is 1.84. The van der Waals surface area contributed by atoms with Gasteiger partial charge in [0.05, 0.1) is 5.69 Å². The zero-order valence-corrected chi connectivity index (χ0v) is 15.0. The Morgan fingerprint density at radius 1 is 0.962 bits per heavy atom. The maximum absolute atomic E-state index is 12.0. The molecule has 1 saturated heterocycles. The Morgan fingerprint density at radius 2 is 1.62 bits per heavy atom. The lowest BCUT2D eigenvalue weighted by atomic mass is 10.1. The van der Waals surface area contributed by atoms with E-state index in [0.717, 1.165) is 28.2 Å². The minimum absolute atomic E-state index is 0.205. The molecule has 2 heterocycles. The van der Waals surface area contributed by atoms with Gasteiger partial charge >= 0.3 is 0 Å². The van der Waals surface area contributed by atoms with Gasteiger partial charge in [-0.05, 0) is 54.5 Å². The largest absolute Gasteiger partial charge is 0.328 e. The number of carbonyl (C=O) groups is 1. The van der Waals surface area contributed by atoms with E-state index in [1.54, 1.807) is 0 Å². The maximum Gasteiger partial charge on any atom is 0.273 e. The van der Waals surface area contributed by atoms with E-state index in [4.69, 9.17) is 12.2 Å². The normalized spacial score (nSPS) is 15.2. The molecule has 0 saturated carbocycles. The first-order valence-electron chi connectivity index (χ1n) is 8.31. The molecule has 2 aromatic carbocycles. The molecule has 0 aliphatic carbocycles. The highest BCUT2D eigenvalue weighted by Crippen LogP contribution is 2.30. The van der Waals surface area contributed by atoms with Crippen molar-refractivity contribution in [2.45, 2.75) is 6.92 Å². The average molecular weight is 359 g/mol. The number of nitrogens with one attached hydrogen (secondary N) is 2. The van der Waals surface area contributed by atoms with E-state index in [-0.39, 0.29) is 5.91 Å². The number of amides is 1. The van der Waals surface area contributed by atoms with Crippen LogP contribution in [0.4, 0.5) is 0 Å².